The number of nitrogens with zero attached hydrogens (tertiary/aromatic N) is 3. The predicted octanol–water partition coefficient (Wildman–Crippen LogP) is 4.83. The number of fused-ring (bicyclic) bond motifs is 1. The highest BCUT2D eigenvalue weighted by atomic mass is 16.2. The molecule has 0 radical (unpaired) electrons. The molecular weight excluding hydrogens is 358 g/mol. The van der Waals surface area contributed by atoms with Gasteiger partial charge in [0, 0.05) is 31.0 Å². The average molecular weight is 379 g/mol. The summed E-state index contributed by atoms with van der Waals surface area (Å²) in [6, 6.07) is 29.7. The molecule has 142 valence electrons. The van der Waals surface area contributed by atoms with Crippen molar-refractivity contribution in [2.45, 2.75) is 13.1 Å². The normalized spacial score (nSPS) is 10.6. The fourth-order valence-corrected chi connectivity index (χ4v) is 3.55. The van der Waals surface area contributed by atoms with Crippen LogP contribution in [0.4, 0.5) is 0 Å². The molecule has 0 spiro atoms. The highest BCUT2D eigenvalue weighted by Crippen LogP contribution is 2.23. The van der Waals surface area contributed by atoms with E-state index in [-0.39, 0.29) is 5.91 Å². The first-order valence-corrected chi connectivity index (χ1v) is 9.52. The van der Waals surface area contributed by atoms with Gasteiger partial charge in [0.15, 0.2) is 0 Å². The molecule has 1 aromatic heterocycles. The third-order valence-electron chi connectivity index (χ3n) is 5.06. The molecule has 0 saturated heterocycles. The van der Waals surface area contributed by atoms with Crippen molar-refractivity contribution < 1.29 is 4.79 Å². The number of carbonyl (C=O) groups excluding carboxylic acids is 1. The lowest BCUT2D eigenvalue weighted by Gasteiger charge is -2.19. The molecule has 0 bridgehead atoms. The number of para-hydroxylation sites is 1. The third-order valence-corrected chi connectivity index (χ3v) is 5.06. The number of benzene rings is 3. The van der Waals surface area contributed by atoms with Gasteiger partial charge < -0.3 is 9.47 Å². The van der Waals surface area contributed by atoms with Gasteiger partial charge in [-0.05, 0) is 35.4 Å². The van der Waals surface area contributed by atoms with Crippen molar-refractivity contribution in [3.63, 3.8) is 0 Å². The van der Waals surface area contributed by atoms with Crippen molar-refractivity contribution in [1.82, 2.24) is 9.47 Å². The minimum absolute atomic E-state index is 0.0264. The smallest absolute Gasteiger partial charge is 0.270 e. The molecule has 4 aromatic rings. The van der Waals surface area contributed by atoms with E-state index in [4.69, 9.17) is 5.26 Å². The number of hydrogen-bond acceptors (Lipinski definition) is 2. The van der Waals surface area contributed by atoms with Crippen LogP contribution >= 0.6 is 0 Å². The van der Waals surface area contributed by atoms with Crippen LogP contribution in [-0.4, -0.2) is 22.4 Å². The summed E-state index contributed by atoms with van der Waals surface area (Å²) >= 11 is 0. The highest BCUT2D eigenvalue weighted by molar-refractivity contribution is 5.98. The van der Waals surface area contributed by atoms with E-state index >= 15 is 0 Å². The summed E-state index contributed by atoms with van der Waals surface area (Å²) in [6.45, 7) is 1.12. The SMILES string of the molecule is CN(Cc1ccc(C#N)cc1)C(=O)c1cc2ccccc2n1Cc1ccccc1. The summed E-state index contributed by atoms with van der Waals surface area (Å²) in [4.78, 5) is 15.0. The van der Waals surface area contributed by atoms with Crippen molar-refractivity contribution in [1.29, 1.82) is 5.26 Å². The lowest BCUT2D eigenvalue weighted by Crippen LogP contribution is -2.28. The molecule has 0 unspecified atom stereocenters. The van der Waals surface area contributed by atoms with Gasteiger partial charge in [-0.2, -0.15) is 5.26 Å². The van der Waals surface area contributed by atoms with E-state index in [2.05, 4.69) is 28.8 Å². The number of nitriles is 1. The Kier molecular flexibility index (Phi) is 5.13. The van der Waals surface area contributed by atoms with Gasteiger partial charge in [-0.3, -0.25) is 4.79 Å². The molecule has 29 heavy (non-hydrogen) atoms. The number of aromatic nitrogens is 1. The molecule has 4 rings (SSSR count). The Bertz CT molecular complexity index is 1180. The summed E-state index contributed by atoms with van der Waals surface area (Å²) in [5, 5.41) is 10.0. The van der Waals surface area contributed by atoms with Crippen LogP contribution in [-0.2, 0) is 13.1 Å². The number of amides is 1. The molecule has 4 nitrogen and oxygen atoms in total. The Labute approximate surface area is 170 Å². The Morgan fingerprint density at radius 3 is 2.34 bits per heavy atom. The fourth-order valence-electron chi connectivity index (χ4n) is 3.55. The number of rotatable bonds is 5. The highest BCUT2D eigenvalue weighted by Gasteiger charge is 2.19. The molecule has 0 atom stereocenters. The van der Waals surface area contributed by atoms with Crippen LogP contribution in [0.2, 0.25) is 0 Å². The van der Waals surface area contributed by atoms with Gasteiger partial charge in [-0.15, -0.1) is 0 Å². The minimum atomic E-state index is -0.0264. The Hall–Kier alpha value is -3.84. The van der Waals surface area contributed by atoms with Gasteiger partial charge in [0.2, 0.25) is 0 Å². The van der Waals surface area contributed by atoms with Crippen LogP contribution in [0.15, 0.2) is 84.9 Å². The Balaban J connectivity index is 1.65. The topological polar surface area (TPSA) is 49.0 Å². The lowest BCUT2D eigenvalue weighted by atomic mass is 10.1. The monoisotopic (exact) mass is 379 g/mol. The summed E-state index contributed by atoms with van der Waals surface area (Å²) in [7, 11) is 1.81. The van der Waals surface area contributed by atoms with Gasteiger partial charge in [0.1, 0.15) is 5.69 Å². The van der Waals surface area contributed by atoms with E-state index in [1.165, 1.54) is 0 Å². The maximum Gasteiger partial charge on any atom is 0.270 e. The molecular formula is C25H21N3O. The summed E-state index contributed by atoms with van der Waals surface area (Å²) < 4.78 is 2.09. The fraction of sp³-hybridized carbons (Fsp3) is 0.120. The van der Waals surface area contributed by atoms with E-state index in [1.54, 1.807) is 17.0 Å². The Morgan fingerprint density at radius 1 is 0.931 bits per heavy atom. The molecule has 3 aromatic carbocycles. The largest absolute Gasteiger partial charge is 0.336 e. The first-order chi connectivity index (χ1) is 14.2. The third kappa shape index (κ3) is 3.90. The van der Waals surface area contributed by atoms with E-state index in [0.29, 0.717) is 24.3 Å². The van der Waals surface area contributed by atoms with Crippen molar-refractivity contribution in [3.8, 4) is 6.07 Å². The molecule has 1 amide bonds. The zero-order chi connectivity index (χ0) is 20.2. The second-order valence-electron chi connectivity index (χ2n) is 7.13. The van der Waals surface area contributed by atoms with Crippen LogP contribution < -0.4 is 0 Å². The van der Waals surface area contributed by atoms with Gasteiger partial charge in [0.25, 0.3) is 5.91 Å². The Morgan fingerprint density at radius 2 is 1.62 bits per heavy atom. The maximum absolute atomic E-state index is 13.3. The van der Waals surface area contributed by atoms with Crippen LogP contribution in [0.1, 0.15) is 27.2 Å². The molecule has 0 aliphatic rings. The lowest BCUT2D eigenvalue weighted by molar-refractivity contribution is 0.0775. The molecule has 4 heteroatoms. The van der Waals surface area contributed by atoms with Gasteiger partial charge in [-0.1, -0.05) is 60.7 Å². The average Bonchev–Trinajstić information content (AvgIpc) is 3.13. The summed E-state index contributed by atoms with van der Waals surface area (Å²) in [5.74, 6) is -0.0264. The van der Waals surface area contributed by atoms with Crippen LogP contribution in [0.5, 0.6) is 0 Å². The zero-order valence-electron chi connectivity index (χ0n) is 16.2. The first-order valence-electron chi connectivity index (χ1n) is 9.52. The van der Waals surface area contributed by atoms with Gasteiger partial charge in [0.05, 0.1) is 11.6 Å². The number of hydrogen-bond donors (Lipinski definition) is 0. The summed E-state index contributed by atoms with van der Waals surface area (Å²) in [6.07, 6.45) is 0. The second-order valence-corrected chi connectivity index (χ2v) is 7.13. The molecule has 0 saturated carbocycles. The minimum Gasteiger partial charge on any atom is -0.336 e. The molecule has 0 aliphatic heterocycles. The van der Waals surface area contributed by atoms with Gasteiger partial charge in [-0.25, -0.2) is 0 Å². The van der Waals surface area contributed by atoms with Crippen LogP contribution in [0.3, 0.4) is 0 Å². The van der Waals surface area contributed by atoms with E-state index in [0.717, 1.165) is 22.0 Å². The van der Waals surface area contributed by atoms with E-state index < -0.39 is 0 Å². The first kappa shape index (κ1) is 18.5. The van der Waals surface area contributed by atoms with Crippen LogP contribution in [0.25, 0.3) is 10.9 Å². The zero-order valence-corrected chi connectivity index (χ0v) is 16.2. The maximum atomic E-state index is 13.3. The van der Waals surface area contributed by atoms with Crippen molar-refractivity contribution in [3.05, 3.63) is 107 Å². The second kappa shape index (κ2) is 8.04. The van der Waals surface area contributed by atoms with Crippen molar-refractivity contribution in [2.24, 2.45) is 0 Å². The van der Waals surface area contributed by atoms with E-state index in [9.17, 15) is 4.79 Å². The van der Waals surface area contributed by atoms with Crippen molar-refractivity contribution in [2.75, 3.05) is 7.05 Å². The molecule has 0 aliphatic carbocycles. The van der Waals surface area contributed by atoms with E-state index in [1.807, 2.05) is 61.6 Å². The van der Waals surface area contributed by atoms with Crippen molar-refractivity contribution >= 4 is 16.8 Å². The summed E-state index contributed by atoms with van der Waals surface area (Å²) in [5.41, 5.74) is 4.48. The molecule has 1 heterocycles. The molecule has 0 fully saturated rings. The molecule has 0 N–H and O–H groups in total. The van der Waals surface area contributed by atoms with Gasteiger partial charge >= 0.3 is 0 Å². The number of carbonyl (C=O) groups is 1. The quantitative estimate of drug-likeness (QED) is 0.498. The van der Waals surface area contributed by atoms with Crippen LogP contribution in [0, 0.1) is 11.3 Å². The standard InChI is InChI=1S/C25H21N3O/c1-27(17-21-13-11-19(16-26)12-14-21)25(29)24-15-22-9-5-6-10-23(22)28(24)18-20-7-3-2-4-8-20/h2-15H,17-18H2,1H3. The predicted molar refractivity (Wildman–Crippen MR) is 114 cm³/mol.